The molecule has 7 heteroatoms. The SMILES string of the molecule is CN(C)NC(=O)C1CCN(S(=O)(=O)/C=C/c2ccccc2)CC1. The first-order valence-corrected chi connectivity index (χ1v) is 9.10. The minimum Gasteiger partial charge on any atom is -0.289 e. The maximum Gasteiger partial charge on any atom is 0.237 e. The number of nitrogens with zero attached hydrogens (tertiary/aromatic N) is 2. The summed E-state index contributed by atoms with van der Waals surface area (Å²) in [4.78, 5) is 11.9. The van der Waals surface area contributed by atoms with E-state index >= 15 is 0 Å². The predicted molar refractivity (Wildman–Crippen MR) is 90.5 cm³/mol. The van der Waals surface area contributed by atoms with E-state index in [1.165, 1.54) is 9.71 Å². The summed E-state index contributed by atoms with van der Waals surface area (Å²) in [6.45, 7) is 0.736. The van der Waals surface area contributed by atoms with Gasteiger partial charge in [-0.15, -0.1) is 0 Å². The molecule has 1 aromatic carbocycles. The third kappa shape index (κ3) is 5.16. The number of amides is 1. The van der Waals surface area contributed by atoms with Gasteiger partial charge in [0.15, 0.2) is 0 Å². The largest absolute Gasteiger partial charge is 0.289 e. The van der Waals surface area contributed by atoms with E-state index in [0.29, 0.717) is 25.9 Å². The van der Waals surface area contributed by atoms with Crippen molar-refractivity contribution in [3.05, 3.63) is 41.3 Å². The van der Waals surface area contributed by atoms with Gasteiger partial charge in [0, 0.05) is 38.5 Å². The van der Waals surface area contributed by atoms with Crippen LogP contribution in [0.5, 0.6) is 0 Å². The summed E-state index contributed by atoms with van der Waals surface area (Å²) in [5.41, 5.74) is 3.57. The van der Waals surface area contributed by atoms with Crippen LogP contribution in [-0.2, 0) is 14.8 Å². The van der Waals surface area contributed by atoms with Crippen molar-refractivity contribution in [3.63, 3.8) is 0 Å². The van der Waals surface area contributed by atoms with Gasteiger partial charge in [-0.1, -0.05) is 30.3 Å². The first-order valence-electron chi connectivity index (χ1n) is 7.59. The number of hydrogen-bond acceptors (Lipinski definition) is 4. The zero-order valence-electron chi connectivity index (χ0n) is 13.5. The second kappa shape index (κ2) is 7.72. The van der Waals surface area contributed by atoms with Crippen LogP contribution < -0.4 is 5.43 Å². The van der Waals surface area contributed by atoms with Crippen molar-refractivity contribution < 1.29 is 13.2 Å². The van der Waals surface area contributed by atoms with Gasteiger partial charge in [-0.2, -0.15) is 4.31 Å². The Labute approximate surface area is 137 Å². The predicted octanol–water partition coefficient (Wildman–Crippen LogP) is 1.29. The monoisotopic (exact) mass is 337 g/mol. The topological polar surface area (TPSA) is 69.7 Å². The number of rotatable bonds is 5. The number of hydrogen-bond donors (Lipinski definition) is 1. The highest BCUT2D eigenvalue weighted by Crippen LogP contribution is 2.21. The Kier molecular flexibility index (Phi) is 5.92. The molecule has 1 aromatic rings. The fourth-order valence-corrected chi connectivity index (χ4v) is 3.72. The summed E-state index contributed by atoms with van der Waals surface area (Å²) in [6.07, 6.45) is 2.68. The number of nitrogens with one attached hydrogen (secondary N) is 1. The molecule has 1 aliphatic rings. The van der Waals surface area contributed by atoms with Crippen molar-refractivity contribution in [1.82, 2.24) is 14.7 Å². The number of hydrazine groups is 1. The molecular formula is C16H23N3O3S. The van der Waals surface area contributed by atoms with Gasteiger partial charge in [0.25, 0.3) is 0 Å². The van der Waals surface area contributed by atoms with Crippen LogP contribution in [0, 0.1) is 5.92 Å². The number of carbonyl (C=O) groups is 1. The average molecular weight is 337 g/mol. The lowest BCUT2D eigenvalue weighted by atomic mass is 9.98. The van der Waals surface area contributed by atoms with Gasteiger partial charge in [-0.3, -0.25) is 10.2 Å². The Balaban J connectivity index is 1.93. The van der Waals surface area contributed by atoms with Crippen molar-refractivity contribution in [2.24, 2.45) is 5.92 Å². The normalized spacial score (nSPS) is 17.7. The minimum atomic E-state index is -3.44. The van der Waals surface area contributed by atoms with Crippen LogP contribution in [0.2, 0.25) is 0 Å². The first-order chi connectivity index (χ1) is 10.9. The molecule has 0 atom stereocenters. The fourth-order valence-electron chi connectivity index (χ4n) is 2.50. The Hall–Kier alpha value is -1.70. The van der Waals surface area contributed by atoms with Crippen molar-refractivity contribution in [2.75, 3.05) is 27.2 Å². The molecule has 1 amide bonds. The Morgan fingerprint density at radius 2 is 1.83 bits per heavy atom. The van der Waals surface area contributed by atoms with Gasteiger partial charge in [-0.25, -0.2) is 13.4 Å². The Bertz CT molecular complexity index is 648. The van der Waals surface area contributed by atoms with Gasteiger partial charge in [0.1, 0.15) is 0 Å². The standard InChI is InChI=1S/C16H23N3O3S/c1-18(2)17-16(20)15-8-11-19(12-9-15)23(21,22)13-10-14-6-4-3-5-7-14/h3-7,10,13,15H,8-9,11-12H2,1-2H3,(H,17,20)/b13-10+. The van der Waals surface area contributed by atoms with Crippen LogP contribution in [-0.4, -0.2) is 50.8 Å². The van der Waals surface area contributed by atoms with Crippen LogP contribution in [0.15, 0.2) is 35.7 Å². The average Bonchev–Trinajstić information content (AvgIpc) is 2.53. The van der Waals surface area contributed by atoms with E-state index in [-0.39, 0.29) is 11.8 Å². The van der Waals surface area contributed by atoms with Gasteiger partial charge in [-0.05, 0) is 24.5 Å². The van der Waals surface area contributed by atoms with Gasteiger partial charge in [0.2, 0.25) is 15.9 Å². The molecule has 1 saturated heterocycles. The number of carbonyl (C=O) groups excluding carboxylic acids is 1. The molecule has 2 rings (SSSR count). The zero-order valence-corrected chi connectivity index (χ0v) is 14.3. The van der Waals surface area contributed by atoms with Gasteiger partial charge in [0.05, 0.1) is 0 Å². The zero-order chi connectivity index (χ0) is 16.9. The smallest absolute Gasteiger partial charge is 0.237 e. The number of piperidine rings is 1. The highest BCUT2D eigenvalue weighted by Gasteiger charge is 2.30. The Morgan fingerprint density at radius 3 is 2.39 bits per heavy atom. The second-order valence-electron chi connectivity index (χ2n) is 5.80. The van der Waals surface area contributed by atoms with E-state index < -0.39 is 10.0 Å². The molecule has 0 aliphatic carbocycles. The molecule has 0 radical (unpaired) electrons. The van der Waals surface area contributed by atoms with E-state index in [1.54, 1.807) is 25.2 Å². The maximum atomic E-state index is 12.3. The van der Waals surface area contributed by atoms with Crippen LogP contribution in [0.1, 0.15) is 18.4 Å². The molecule has 1 heterocycles. The van der Waals surface area contributed by atoms with E-state index in [9.17, 15) is 13.2 Å². The van der Waals surface area contributed by atoms with Crippen molar-refractivity contribution in [2.45, 2.75) is 12.8 Å². The lowest BCUT2D eigenvalue weighted by molar-refractivity contribution is -0.130. The summed E-state index contributed by atoms with van der Waals surface area (Å²) in [7, 11) is 0.0686. The molecule has 6 nitrogen and oxygen atoms in total. The summed E-state index contributed by atoms with van der Waals surface area (Å²) in [6, 6.07) is 9.31. The summed E-state index contributed by atoms with van der Waals surface area (Å²) >= 11 is 0. The molecule has 1 fully saturated rings. The van der Waals surface area contributed by atoms with Crippen molar-refractivity contribution in [3.8, 4) is 0 Å². The number of benzene rings is 1. The molecule has 1 N–H and O–H groups in total. The quantitative estimate of drug-likeness (QED) is 0.822. The molecule has 0 spiro atoms. The highest BCUT2D eigenvalue weighted by atomic mass is 32.2. The lowest BCUT2D eigenvalue weighted by Crippen LogP contribution is -2.45. The molecule has 126 valence electrons. The third-order valence-corrected chi connectivity index (χ3v) is 5.32. The molecular weight excluding hydrogens is 314 g/mol. The van der Waals surface area contributed by atoms with Crippen molar-refractivity contribution in [1.29, 1.82) is 0 Å². The Morgan fingerprint density at radius 1 is 1.22 bits per heavy atom. The van der Waals surface area contributed by atoms with Crippen LogP contribution in [0.25, 0.3) is 6.08 Å². The van der Waals surface area contributed by atoms with Crippen LogP contribution in [0.4, 0.5) is 0 Å². The highest BCUT2D eigenvalue weighted by molar-refractivity contribution is 7.92. The van der Waals surface area contributed by atoms with E-state index in [2.05, 4.69) is 5.43 Å². The van der Waals surface area contributed by atoms with E-state index in [1.807, 2.05) is 30.3 Å². The maximum absolute atomic E-state index is 12.3. The summed E-state index contributed by atoms with van der Waals surface area (Å²) < 4.78 is 26.1. The molecule has 0 aromatic heterocycles. The molecule has 0 unspecified atom stereocenters. The third-order valence-electron chi connectivity index (χ3n) is 3.75. The lowest BCUT2D eigenvalue weighted by Gasteiger charge is -2.30. The van der Waals surface area contributed by atoms with Crippen molar-refractivity contribution >= 4 is 22.0 Å². The number of sulfonamides is 1. The summed E-state index contributed by atoms with van der Waals surface area (Å²) in [5.74, 6) is -0.186. The van der Waals surface area contributed by atoms with Gasteiger partial charge < -0.3 is 0 Å². The second-order valence-corrected chi connectivity index (χ2v) is 7.62. The summed E-state index contributed by atoms with van der Waals surface area (Å²) in [5, 5.41) is 2.84. The minimum absolute atomic E-state index is 0.0492. The molecule has 1 aliphatic heterocycles. The first kappa shape index (κ1) is 17.7. The van der Waals surface area contributed by atoms with Crippen LogP contribution >= 0.6 is 0 Å². The van der Waals surface area contributed by atoms with E-state index in [4.69, 9.17) is 0 Å². The molecule has 0 saturated carbocycles. The molecule has 0 bridgehead atoms. The fraction of sp³-hybridized carbons (Fsp3) is 0.438. The van der Waals surface area contributed by atoms with E-state index in [0.717, 1.165) is 5.56 Å². The van der Waals surface area contributed by atoms with Gasteiger partial charge >= 0.3 is 0 Å². The molecule has 23 heavy (non-hydrogen) atoms. The van der Waals surface area contributed by atoms with Crippen LogP contribution in [0.3, 0.4) is 0 Å².